The second kappa shape index (κ2) is 4.04. The molecular weight excluding hydrogens is 236 g/mol. The fourth-order valence-corrected chi connectivity index (χ4v) is 1.32. The smallest absolute Gasteiger partial charge is 0.340 e. The number of aromatic hydroxyl groups is 1. The number of aromatic carboxylic acids is 1. The van der Waals surface area contributed by atoms with Gasteiger partial charge in [0.25, 0.3) is 5.69 Å². The van der Waals surface area contributed by atoms with E-state index in [1.54, 1.807) is 0 Å². The second-order valence-electron chi connectivity index (χ2n) is 3.08. The lowest BCUT2D eigenvalue weighted by Crippen LogP contribution is -2.04. The molecule has 0 atom stereocenters. The van der Waals surface area contributed by atoms with Gasteiger partial charge >= 0.3 is 11.7 Å². The number of carbonyl (C=O) groups is 1. The van der Waals surface area contributed by atoms with Gasteiger partial charge in [-0.1, -0.05) is 0 Å². The van der Waals surface area contributed by atoms with E-state index in [1.165, 1.54) is 0 Å². The maximum atomic E-state index is 10.7. The molecule has 90 valence electrons. The minimum absolute atomic E-state index is 0.400. The molecule has 0 heterocycles. The van der Waals surface area contributed by atoms with Crippen molar-refractivity contribution < 1.29 is 24.9 Å². The highest BCUT2D eigenvalue weighted by Crippen LogP contribution is 2.38. The highest BCUT2D eigenvalue weighted by atomic mass is 16.6. The number of carboxylic acids is 1. The quantitative estimate of drug-likeness (QED) is 0.598. The number of hydrogen-bond donors (Lipinski definition) is 2. The molecule has 0 spiro atoms. The van der Waals surface area contributed by atoms with E-state index < -0.39 is 44.1 Å². The highest BCUT2D eigenvalue weighted by molar-refractivity contribution is 5.94. The van der Waals surface area contributed by atoms with Crippen molar-refractivity contribution in [2.24, 2.45) is 0 Å². The summed E-state index contributed by atoms with van der Waals surface area (Å²) in [6, 6.07) is 0.583. The van der Waals surface area contributed by atoms with Gasteiger partial charge in [0.15, 0.2) is 0 Å². The number of phenols is 1. The molecule has 0 fully saturated rings. The normalized spacial score (nSPS) is 9.94. The highest BCUT2D eigenvalue weighted by Gasteiger charge is 2.31. The minimum atomic E-state index is -1.69. The SMILES string of the molecule is Cc1c([N+](=O)[O-])cc(C(=O)O)c(O)c1[N+](=O)[O-]. The van der Waals surface area contributed by atoms with Crippen molar-refractivity contribution in [3.05, 3.63) is 37.4 Å². The molecule has 1 rings (SSSR count). The zero-order valence-electron chi connectivity index (χ0n) is 8.41. The number of carboxylic acid groups (broad SMARTS) is 1. The zero-order valence-corrected chi connectivity index (χ0v) is 8.41. The van der Waals surface area contributed by atoms with Crippen LogP contribution in [0.2, 0.25) is 0 Å². The average Bonchev–Trinajstić information content (AvgIpc) is 2.15. The monoisotopic (exact) mass is 242 g/mol. The summed E-state index contributed by atoms with van der Waals surface area (Å²) in [6.45, 7) is 1.06. The molecule has 0 aliphatic carbocycles. The number of benzene rings is 1. The fourth-order valence-electron chi connectivity index (χ4n) is 1.32. The molecule has 0 saturated carbocycles. The van der Waals surface area contributed by atoms with E-state index in [-0.39, 0.29) is 0 Å². The predicted molar refractivity (Wildman–Crippen MR) is 53.1 cm³/mol. The third-order valence-corrected chi connectivity index (χ3v) is 2.11. The van der Waals surface area contributed by atoms with Crippen LogP contribution < -0.4 is 0 Å². The number of nitro groups is 2. The van der Waals surface area contributed by atoms with Crippen LogP contribution in [-0.4, -0.2) is 26.0 Å². The van der Waals surface area contributed by atoms with Crippen molar-refractivity contribution in [1.29, 1.82) is 0 Å². The van der Waals surface area contributed by atoms with E-state index in [4.69, 9.17) is 5.11 Å². The molecule has 0 amide bonds. The van der Waals surface area contributed by atoms with E-state index in [1.807, 2.05) is 0 Å². The van der Waals surface area contributed by atoms with Crippen LogP contribution in [0.25, 0.3) is 0 Å². The molecule has 1 aromatic rings. The van der Waals surface area contributed by atoms with Crippen LogP contribution in [-0.2, 0) is 0 Å². The van der Waals surface area contributed by atoms with Crippen LogP contribution in [0.4, 0.5) is 11.4 Å². The summed E-state index contributed by atoms with van der Waals surface area (Å²) in [5, 5.41) is 39.2. The molecule has 9 nitrogen and oxygen atoms in total. The minimum Gasteiger partial charge on any atom is -0.501 e. The van der Waals surface area contributed by atoms with E-state index in [9.17, 15) is 30.1 Å². The molecule has 0 bridgehead atoms. The van der Waals surface area contributed by atoms with Gasteiger partial charge in [-0.05, 0) is 6.92 Å². The van der Waals surface area contributed by atoms with Crippen LogP contribution in [0.1, 0.15) is 15.9 Å². The lowest BCUT2D eigenvalue weighted by molar-refractivity contribution is -0.395. The summed E-state index contributed by atoms with van der Waals surface area (Å²) in [5.41, 5.74) is -2.99. The average molecular weight is 242 g/mol. The van der Waals surface area contributed by atoms with Gasteiger partial charge in [-0.3, -0.25) is 20.2 Å². The van der Waals surface area contributed by atoms with E-state index >= 15 is 0 Å². The summed E-state index contributed by atoms with van der Waals surface area (Å²) >= 11 is 0. The Morgan fingerprint density at radius 3 is 2.18 bits per heavy atom. The Morgan fingerprint density at radius 1 is 1.29 bits per heavy atom. The van der Waals surface area contributed by atoms with Crippen LogP contribution in [0.3, 0.4) is 0 Å². The van der Waals surface area contributed by atoms with E-state index in [0.29, 0.717) is 6.07 Å². The van der Waals surface area contributed by atoms with Crippen LogP contribution in [0.5, 0.6) is 5.75 Å². The van der Waals surface area contributed by atoms with Crippen molar-refractivity contribution in [1.82, 2.24) is 0 Å². The van der Waals surface area contributed by atoms with Crippen molar-refractivity contribution in [2.45, 2.75) is 6.92 Å². The molecule has 0 radical (unpaired) electrons. The van der Waals surface area contributed by atoms with Gasteiger partial charge in [0.1, 0.15) is 11.1 Å². The molecule has 0 aliphatic rings. The first kappa shape index (κ1) is 12.4. The Bertz CT molecular complexity index is 499. The third kappa shape index (κ3) is 1.97. The molecule has 0 saturated heterocycles. The van der Waals surface area contributed by atoms with Crippen LogP contribution in [0, 0.1) is 27.2 Å². The Morgan fingerprint density at radius 2 is 1.82 bits per heavy atom. The number of hydrogen-bond acceptors (Lipinski definition) is 6. The van der Waals surface area contributed by atoms with Crippen molar-refractivity contribution in [3.63, 3.8) is 0 Å². The summed E-state index contributed by atoms with van der Waals surface area (Å²) in [5.74, 6) is -2.78. The first-order valence-corrected chi connectivity index (χ1v) is 4.16. The maximum absolute atomic E-state index is 10.7. The zero-order chi connectivity index (χ0) is 13.3. The molecule has 0 aromatic heterocycles. The summed E-state index contributed by atoms with van der Waals surface area (Å²) in [7, 11) is 0. The summed E-state index contributed by atoms with van der Waals surface area (Å²) in [6.07, 6.45) is 0. The third-order valence-electron chi connectivity index (χ3n) is 2.11. The van der Waals surface area contributed by atoms with Crippen LogP contribution >= 0.6 is 0 Å². The molecule has 0 unspecified atom stereocenters. The van der Waals surface area contributed by atoms with Gasteiger partial charge < -0.3 is 10.2 Å². The standard InChI is InChI=1S/C8H6N2O7/c1-3-5(9(14)15)2-4(8(12)13)7(11)6(3)10(16)17/h2,11H,1H3,(H,12,13). The molecule has 17 heavy (non-hydrogen) atoms. The Kier molecular flexibility index (Phi) is 2.94. The van der Waals surface area contributed by atoms with Gasteiger partial charge in [-0.2, -0.15) is 0 Å². The van der Waals surface area contributed by atoms with Gasteiger partial charge in [0.05, 0.1) is 9.85 Å². The van der Waals surface area contributed by atoms with Crippen molar-refractivity contribution >= 4 is 17.3 Å². The second-order valence-corrected chi connectivity index (χ2v) is 3.08. The maximum Gasteiger partial charge on any atom is 0.340 e. The molecular formula is C8H6N2O7. The lowest BCUT2D eigenvalue weighted by atomic mass is 10.1. The first-order chi connectivity index (χ1) is 7.77. The molecule has 2 N–H and O–H groups in total. The van der Waals surface area contributed by atoms with E-state index in [0.717, 1.165) is 6.92 Å². The van der Waals surface area contributed by atoms with Crippen LogP contribution in [0.15, 0.2) is 6.07 Å². The van der Waals surface area contributed by atoms with Gasteiger partial charge in [-0.15, -0.1) is 0 Å². The molecule has 9 heteroatoms. The number of rotatable bonds is 3. The number of nitro benzene ring substituents is 2. The number of nitrogens with zero attached hydrogens (tertiary/aromatic N) is 2. The predicted octanol–water partition coefficient (Wildman–Crippen LogP) is 1.22. The van der Waals surface area contributed by atoms with Gasteiger partial charge in [0.2, 0.25) is 5.75 Å². The molecule has 1 aromatic carbocycles. The largest absolute Gasteiger partial charge is 0.501 e. The van der Waals surface area contributed by atoms with Gasteiger partial charge in [0, 0.05) is 6.07 Å². The lowest BCUT2D eigenvalue weighted by Gasteiger charge is -2.04. The topological polar surface area (TPSA) is 144 Å². The van der Waals surface area contributed by atoms with Gasteiger partial charge in [-0.25, -0.2) is 4.79 Å². The van der Waals surface area contributed by atoms with E-state index in [2.05, 4.69) is 0 Å². The Labute approximate surface area is 93.2 Å². The van der Waals surface area contributed by atoms with Crippen molar-refractivity contribution in [2.75, 3.05) is 0 Å². The summed E-state index contributed by atoms with van der Waals surface area (Å²) in [4.78, 5) is 29.9. The molecule has 0 aliphatic heterocycles. The Balaban J connectivity index is 3.76. The van der Waals surface area contributed by atoms with Crippen molar-refractivity contribution in [3.8, 4) is 5.75 Å². The fraction of sp³-hybridized carbons (Fsp3) is 0.125. The first-order valence-electron chi connectivity index (χ1n) is 4.16. The Hall–Kier alpha value is -2.71. The summed E-state index contributed by atoms with van der Waals surface area (Å²) < 4.78 is 0.